The van der Waals surface area contributed by atoms with Crippen LogP contribution in [0.3, 0.4) is 0 Å². The standard InChI is InChI=1S/C7H11N5O2/c8-6-11-12-7(14-6)10-4-1-2-5(13)9-3-4/h4H,1-3H2,(H2,8,11)(H,9,13)(H,10,12). The second-order valence-corrected chi connectivity index (χ2v) is 3.13. The number of hydrogen-bond donors (Lipinski definition) is 3. The Morgan fingerprint density at radius 3 is 3.00 bits per heavy atom. The van der Waals surface area contributed by atoms with E-state index in [9.17, 15) is 4.79 Å². The van der Waals surface area contributed by atoms with E-state index >= 15 is 0 Å². The molecular formula is C7H11N5O2. The van der Waals surface area contributed by atoms with Crippen LogP contribution in [-0.2, 0) is 4.79 Å². The highest BCUT2D eigenvalue weighted by atomic mass is 16.4. The minimum absolute atomic E-state index is 0.0346. The van der Waals surface area contributed by atoms with E-state index in [-0.39, 0.29) is 18.0 Å². The van der Waals surface area contributed by atoms with Crippen LogP contribution in [-0.4, -0.2) is 28.7 Å². The number of nitrogen functional groups attached to an aromatic ring is 1. The van der Waals surface area contributed by atoms with Gasteiger partial charge in [0.2, 0.25) is 5.91 Å². The Labute approximate surface area is 80.1 Å². The quantitative estimate of drug-likeness (QED) is 0.581. The number of carbonyl (C=O) groups excluding carboxylic acids is 1. The summed E-state index contributed by atoms with van der Waals surface area (Å²) in [5.41, 5.74) is 5.26. The summed E-state index contributed by atoms with van der Waals surface area (Å²) in [6.07, 6.45) is 1.27. The van der Waals surface area contributed by atoms with Crippen LogP contribution in [0, 0.1) is 0 Å². The number of rotatable bonds is 2. The number of nitrogens with two attached hydrogens (primary N) is 1. The van der Waals surface area contributed by atoms with E-state index in [1.165, 1.54) is 0 Å². The molecule has 1 aliphatic heterocycles. The lowest BCUT2D eigenvalue weighted by Gasteiger charge is -2.22. The predicted molar refractivity (Wildman–Crippen MR) is 48.4 cm³/mol. The minimum Gasteiger partial charge on any atom is -0.390 e. The van der Waals surface area contributed by atoms with Gasteiger partial charge in [0.15, 0.2) is 0 Å². The first kappa shape index (κ1) is 8.79. The average molecular weight is 197 g/mol. The maximum Gasteiger partial charge on any atom is 0.317 e. The van der Waals surface area contributed by atoms with Gasteiger partial charge in [-0.25, -0.2) is 0 Å². The van der Waals surface area contributed by atoms with E-state index < -0.39 is 0 Å². The Bertz CT molecular complexity index is 327. The first-order chi connectivity index (χ1) is 6.74. The molecule has 1 atom stereocenters. The third kappa shape index (κ3) is 1.93. The van der Waals surface area contributed by atoms with Gasteiger partial charge >= 0.3 is 12.0 Å². The molecule has 0 aliphatic carbocycles. The van der Waals surface area contributed by atoms with Crippen molar-refractivity contribution in [2.75, 3.05) is 17.6 Å². The van der Waals surface area contributed by atoms with Gasteiger partial charge in [0, 0.05) is 19.0 Å². The molecule has 0 spiro atoms. The Balaban J connectivity index is 1.89. The van der Waals surface area contributed by atoms with E-state index in [2.05, 4.69) is 20.8 Å². The molecule has 1 aromatic rings. The SMILES string of the molecule is Nc1nnc(NC2CCC(=O)NC2)o1. The summed E-state index contributed by atoms with van der Waals surface area (Å²) in [6, 6.07) is 0.462. The van der Waals surface area contributed by atoms with Crippen LogP contribution < -0.4 is 16.4 Å². The van der Waals surface area contributed by atoms with Crippen LogP contribution >= 0.6 is 0 Å². The number of anilines is 2. The Hall–Kier alpha value is -1.79. The molecule has 0 aromatic carbocycles. The smallest absolute Gasteiger partial charge is 0.317 e. The first-order valence-electron chi connectivity index (χ1n) is 4.36. The van der Waals surface area contributed by atoms with Gasteiger partial charge in [-0.05, 0) is 6.42 Å². The summed E-state index contributed by atoms with van der Waals surface area (Å²) in [5.74, 6) is 0.0769. The fourth-order valence-electron chi connectivity index (χ4n) is 1.32. The molecule has 0 saturated carbocycles. The molecular weight excluding hydrogens is 186 g/mol. The van der Waals surface area contributed by atoms with Crippen molar-refractivity contribution in [1.82, 2.24) is 15.5 Å². The first-order valence-corrected chi connectivity index (χ1v) is 4.36. The number of amides is 1. The summed E-state index contributed by atoms with van der Waals surface area (Å²) in [7, 11) is 0. The Morgan fingerprint density at radius 1 is 1.57 bits per heavy atom. The maximum absolute atomic E-state index is 10.9. The molecule has 2 rings (SSSR count). The van der Waals surface area contributed by atoms with E-state index in [1.54, 1.807) is 0 Å². The Morgan fingerprint density at radius 2 is 2.43 bits per heavy atom. The van der Waals surface area contributed by atoms with Crippen molar-refractivity contribution in [2.24, 2.45) is 0 Å². The number of aromatic nitrogens is 2. The van der Waals surface area contributed by atoms with Crippen molar-refractivity contribution in [2.45, 2.75) is 18.9 Å². The van der Waals surface area contributed by atoms with Gasteiger partial charge < -0.3 is 20.8 Å². The number of nitrogens with one attached hydrogen (secondary N) is 2. The van der Waals surface area contributed by atoms with Crippen molar-refractivity contribution in [3.05, 3.63) is 0 Å². The summed E-state index contributed by atoms with van der Waals surface area (Å²) in [6.45, 7) is 0.571. The third-order valence-corrected chi connectivity index (χ3v) is 2.03. The highest BCUT2D eigenvalue weighted by molar-refractivity contribution is 5.76. The van der Waals surface area contributed by atoms with Crippen LogP contribution in [0.4, 0.5) is 12.0 Å². The fraction of sp³-hybridized carbons (Fsp3) is 0.571. The molecule has 1 amide bonds. The summed E-state index contributed by atoms with van der Waals surface area (Å²) in [4.78, 5) is 10.9. The van der Waals surface area contributed by atoms with Gasteiger partial charge in [0.05, 0.1) is 0 Å². The molecule has 1 saturated heterocycles. The van der Waals surface area contributed by atoms with E-state index in [4.69, 9.17) is 10.2 Å². The lowest BCUT2D eigenvalue weighted by molar-refractivity contribution is -0.122. The highest BCUT2D eigenvalue weighted by Crippen LogP contribution is 2.11. The molecule has 7 nitrogen and oxygen atoms in total. The molecule has 7 heteroatoms. The highest BCUT2D eigenvalue weighted by Gasteiger charge is 2.19. The monoisotopic (exact) mass is 197 g/mol. The average Bonchev–Trinajstić information content (AvgIpc) is 2.56. The van der Waals surface area contributed by atoms with Gasteiger partial charge in [0.1, 0.15) is 0 Å². The second-order valence-electron chi connectivity index (χ2n) is 3.13. The molecule has 76 valence electrons. The molecule has 1 fully saturated rings. The zero-order chi connectivity index (χ0) is 9.97. The zero-order valence-corrected chi connectivity index (χ0v) is 7.49. The van der Waals surface area contributed by atoms with Crippen molar-refractivity contribution in [3.8, 4) is 0 Å². The van der Waals surface area contributed by atoms with Crippen molar-refractivity contribution >= 4 is 17.9 Å². The second kappa shape index (κ2) is 3.52. The fourth-order valence-corrected chi connectivity index (χ4v) is 1.32. The number of piperidine rings is 1. The number of hydrogen-bond acceptors (Lipinski definition) is 6. The molecule has 4 N–H and O–H groups in total. The van der Waals surface area contributed by atoms with Crippen LogP contribution in [0.25, 0.3) is 0 Å². The summed E-state index contributed by atoms with van der Waals surface area (Å²) in [5, 5.41) is 12.9. The normalized spacial score (nSPS) is 21.7. The summed E-state index contributed by atoms with van der Waals surface area (Å²) < 4.78 is 4.94. The number of nitrogens with zero attached hydrogens (tertiary/aromatic N) is 2. The number of carbonyl (C=O) groups is 1. The molecule has 0 radical (unpaired) electrons. The van der Waals surface area contributed by atoms with Crippen molar-refractivity contribution < 1.29 is 9.21 Å². The van der Waals surface area contributed by atoms with Crippen molar-refractivity contribution in [3.63, 3.8) is 0 Å². The lowest BCUT2D eigenvalue weighted by atomic mass is 10.1. The molecule has 0 bridgehead atoms. The zero-order valence-electron chi connectivity index (χ0n) is 7.49. The van der Waals surface area contributed by atoms with Crippen LogP contribution in [0.5, 0.6) is 0 Å². The molecule has 1 aliphatic rings. The van der Waals surface area contributed by atoms with Crippen LogP contribution in [0.15, 0.2) is 4.42 Å². The van der Waals surface area contributed by atoms with Gasteiger partial charge in [-0.3, -0.25) is 4.79 Å². The molecule has 2 heterocycles. The molecule has 14 heavy (non-hydrogen) atoms. The van der Waals surface area contributed by atoms with E-state index in [0.717, 1.165) is 6.42 Å². The van der Waals surface area contributed by atoms with Crippen LogP contribution in [0.1, 0.15) is 12.8 Å². The molecule has 1 aromatic heterocycles. The largest absolute Gasteiger partial charge is 0.390 e. The topological polar surface area (TPSA) is 106 Å². The minimum atomic E-state index is 0.0346. The van der Waals surface area contributed by atoms with Gasteiger partial charge in [-0.1, -0.05) is 10.2 Å². The maximum atomic E-state index is 10.9. The van der Waals surface area contributed by atoms with Crippen molar-refractivity contribution in [1.29, 1.82) is 0 Å². The molecule has 1 unspecified atom stereocenters. The lowest BCUT2D eigenvalue weighted by Crippen LogP contribution is -2.41. The Kier molecular flexibility index (Phi) is 2.21. The van der Waals surface area contributed by atoms with Gasteiger partial charge in [-0.2, -0.15) is 0 Å². The van der Waals surface area contributed by atoms with Crippen LogP contribution in [0.2, 0.25) is 0 Å². The van der Waals surface area contributed by atoms with Gasteiger partial charge in [0.25, 0.3) is 0 Å². The van der Waals surface area contributed by atoms with E-state index in [0.29, 0.717) is 19.0 Å². The van der Waals surface area contributed by atoms with Gasteiger partial charge in [-0.15, -0.1) is 0 Å². The predicted octanol–water partition coefficient (Wildman–Crippen LogP) is -0.658. The van der Waals surface area contributed by atoms with E-state index in [1.807, 2.05) is 0 Å². The third-order valence-electron chi connectivity index (χ3n) is 2.03. The summed E-state index contributed by atoms with van der Waals surface area (Å²) >= 11 is 0.